The average molecular weight is 338 g/mol. The molecule has 0 saturated carbocycles. The summed E-state index contributed by atoms with van der Waals surface area (Å²) >= 11 is 0. The van der Waals surface area contributed by atoms with Gasteiger partial charge in [0.25, 0.3) is 0 Å². The van der Waals surface area contributed by atoms with E-state index < -0.39 is 11.9 Å². The van der Waals surface area contributed by atoms with Crippen LogP contribution in [0.2, 0.25) is 0 Å². The second-order valence-electron chi connectivity index (χ2n) is 6.15. The van der Waals surface area contributed by atoms with E-state index in [1.165, 1.54) is 32.8 Å². The van der Waals surface area contributed by atoms with Crippen molar-refractivity contribution in [2.24, 2.45) is 0 Å². The number of unbranched alkanes of at least 4 members (excludes halogenated alkanes) is 6. The molecule has 0 atom stereocenters. The molecule has 4 nitrogen and oxygen atoms in total. The molecule has 0 aliphatic heterocycles. The van der Waals surface area contributed by atoms with Gasteiger partial charge in [-0.25, -0.2) is 9.59 Å². The smallest absolute Gasteiger partial charge is 0.338 e. The highest BCUT2D eigenvalue weighted by Crippen LogP contribution is 2.19. The van der Waals surface area contributed by atoms with Crippen LogP contribution in [0, 0.1) is 0 Å². The van der Waals surface area contributed by atoms with Crippen molar-refractivity contribution in [3.05, 3.63) is 23.5 Å². The minimum atomic E-state index is -0.463. The quantitative estimate of drug-likeness (QED) is 0.193. The minimum Gasteiger partial charge on any atom is -0.466 e. The Hall–Kier alpha value is -1.58. The number of carbonyl (C=O) groups is 2. The number of methoxy groups -OCH3 is 1. The summed E-state index contributed by atoms with van der Waals surface area (Å²) < 4.78 is 10.2. The molecule has 4 heteroatoms. The van der Waals surface area contributed by atoms with Crippen LogP contribution in [-0.2, 0) is 19.1 Å². The maximum atomic E-state index is 12.2. The molecule has 0 aliphatic carbocycles. The van der Waals surface area contributed by atoms with E-state index in [1.807, 2.05) is 6.92 Å². The van der Waals surface area contributed by atoms with Gasteiger partial charge in [-0.1, -0.05) is 59.0 Å². The van der Waals surface area contributed by atoms with E-state index in [0.29, 0.717) is 29.7 Å². The fourth-order valence-corrected chi connectivity index (χ4v) is 2.32. The second kappa shape index (κ2) is 13.8. The number of ether oxygens (including phenoxy) is 2. The Labute approximate surface area is 147 Å². The minimum absolute atomic E-state index is 0.353. The molecule has 0 aromatic rings. The Kier molecular flexibility index (Phi) is 12.9. The molecule has 0 bridgehead atoms. The predicted molar refractivity (Wildman–Crippen MR) is 97.5 cm³/mol. The Morgan fingerprint density at radius 3 is 2.00 bits per heavy atom. The highest BCUT2D eigenvalue weighted by Gasteiger charge is 2.17. The van der Waals surface area contributed by atoms with Gasteiger partial charge in [-0.3, -0.25) is 0 Å². The largest absolute Gasteiger partial charge is 0.466 e. The van der Waals surface area contributed by atoms with Crippen molar-refractivity contribution in [2.75, 3.05) is 7.11 Å². The molecule has 0 aliphatic rings. The van der Waals surface area contributed by atoms with Crippen molar-refractivity contribution >= 4 is 11.9 Å². The summed E-state index contributed by atoms with van der Waals surface area (Å²) in [4.78, 5) is 23.9. The van der Waals surface area contributed by atoms with Crippen molar-refractivity contribution in [1.82, 2.24) is 0 Å². The molecule has 24 heavy (non-hydrogen) atoms. The zero-order chi connectivity index (χ0) is 18.4. The summed E-state index contributed by atoms with van der Waals surface area (Å²) in [6.07, 6.45) is 9.97. The van der Waals surface area contributed by atoms with Gasteiger partial charge in [-0.05, 0) is 26.2 Å². The first-order chi connectivity index (χ1) is 11.5. The SMILES string of the molecule is C=C(CCCCCCCC)C(=O)OC(CCCC)=C(C)C(=O)OC. The molecule has 138 valence electrons. The normalized spacial score (nSPS) is 11.7. The maximum absolute atomic E-state index is 12.2. The number of hydrogen-bond acceptors (Lipinski definition) is 4. The molecule has 0 saturated heterocycles. The van der Waals surface area contributed by atoms with Crippen molar-refractivity contribution in [3.8, 4) is 0 Å². The maximum Gasteiger partial charge on any atom is 0.338 e. The van der Waals surface area contributed by atoms with Crippen LogP contribution in [0.3, 0.4) is 0 Å². The van der Waals surface area contributed by atoms with Crippen LogP contribution in [0.15, 0.2) is 23.5 Å². The molecule has 0 fully saturated rings. The Morgan fingerprint density at radius 1 is 0.833 bits per heavy atom. The fourth-order valence-electron chi connectivity index (χ4n) is 2.32. The second-order valence-corrected chi connectivity index (χ2v) is 6.15. The molecule has 0 rings (SSSR count). The topological polar surface area (TPSA) is 52.6 Å². The fraction of sp³-hybridized carbons (Fsp3) is 0.700. The van der Waals surface area contributed by atoms with Crippen molar-refractivity contribution in [2.45, 2.75) is 85.0 Å². The monoisotopic (exact) mass is 338 g/mol. The van der Waals surface area contributed by atoms with E-state index in [-0.39, 0.29) is 0 Å². The lowest BCUT2D eigenvalue weighted by atomic mass is 10.1. The van der Waals surface area contributed by atoms with Gasteiger partial charge in [0.2, 0.25) is 0 Å². The lowest BCUT2D eigenvalue weighted by Crippen LogP contribution is -2.12. The molecule has 0 unspecified atom stereocenters. The van der Waals surface area contributed by atoms with Gasteiger partial charge < -0.3 is 9.47 Å². The first-order valence-electron chi connectivity index (χ1n) is 9.15. The number of carbonyl (C=O) groups excluding carboxylic acids is 2. The molecular weight excluding hydrogens is 304 g/mol. The Bertz CT molecular complexity index is 435. The number of allylic oxidation sites excluding steroid dienone is 1. The summed E-state index contributed by atoms with van der Waals surface area (Å²) in [6.45, 7) is 9.70. The molecule has 0 radical (unpaired) electrons. The molecule has 0 aromatic carbocycles. The van der Waals surface area contributed by atoms with Gasteiger partial charge >= 0.3 is 11.9 Å². The van der Waals surface area contributed by atoms with E-state index in [2.05, 4.69) is 13.5 Å². The van der Waals surface area contributed by atoms with E-state index >= 15 is 0 Å². The summed E-state index contributed by atoms with van der Waals surface area (Å²) in [5.41, 5.74) is 0.823. The summed E-state index contributed by atoms with van der Waals surface area (Å²) in [5.74, 6) is -0.494. The zero-order valence-electron chi connectivity index (χ0n) is 15.9. The highest BCUT2D eigenvalue weighted by atomic mass is 16.5. The Morgan fingerprint density at radius 2 is 1.42 bits per heavy atom. The van der Waals surface area contributed by atoms with Gasteiger partial charge in [0, 0.05) is 12.0 Å². The van der Waals surface area contributed by atoms with Gasteiger partial charge in [0.15, 0.2) is 0 Å². The molecule has 0 spiro atoms. The van der Waals surface area contributed by atoms with E-state index in [9.17, 15) is 9.59 Å². The van der Waals surface area contributed by atoms with Gasteiger partial charge in [0.05, 0.1) is 12.7 Å². The lowest BCUT2D eigenvalue weighted by molar-refractivity contribution is -0.137. The predicted octanol–water partition coefficient (Wildman–Crippen LogP) is 5.47. The Balaban J connectivity index is 4.48. The first kappa shape index (κ1) is 22.4. The number of rotatable bonds is 13. The molecule has 0 aromatic heterocycles. The van der Waals surface area contributed by atoms with Crippen LogP contribution in [-0.4, -0.2) is 19.0 Å². The number of hydrogen-bond donors (Lipinski definition) is 0. The first-order valence-corrected chi connectivity index (χ1v) is 9.15. The molecule has 0 heterocycles. The zero-order valence-corrected chi connectivity index (χ0v) is 15.9. The van der Waals surface area contributed by atoms with Gasteiger partial charge in [-0.15, -0.1) is 0 Å². The summed E-state index contributed by atoms with van der Waals surface area (Å²) in [6, 6.07) is 0. The van der Waals surface area contributed by atoms with Crippen LogP contribution < -0.4 is 0 Å². The van der Waals surface area contributed by atoms with Crippen LogP contribution in [0.25, 0.3) is 0 Å². The van der Waals surface area contributed by atoms with Crippen LogP contribution >= 0.6 is 0 Å². The van der Waals surface area contributed by atoms with E-state index in [1.54, 1.807) is 6.92 Å². The van der Waals surface area contributed by atoms with Crippen LogP contribution in [0.5, 0.6) is 0 Å². The lowest BCUT2D eigenvalue weighted by Gasteiger charge is -2.13. The third kappa shape index (κ3) is 9.53. The van der Waals surface area contributed by atoms with Crippen molar-refractivity contribution in [1.29, 1.82) is 0 Å². The highest BCUT2D eigenvalue weighted by molar-refractivity contribution is 5.91. The van der Waals surface area contributed by atoms with Crippen molar-refractivity contribution in [3.63, 3.8) is 0 Å². The van der Waals surface area contributed by atoms with Crippen LogP contribution in [0.1, 0.15) is 85.0 Å². The van der Waals surface area contributed by atoms with Crippen molar-refractivity contribution < 1.29 is 19.1 Å². The van der Waals surface area contributed by atoms with Gasteiger partial charge in [0.1, 0.15) is 5.76 Å². The van der Waals surface area contributed by atoms with Gasteiger partial charge in [-0.2, -0.15) is 0 Å². The third-order valence-electron chi connectivity index (χ3n) is 4.00. The standard InChI is InChI=1S/C20H34O4/c1-6-8-10-11-12-13-14-16(3)19(21)24-18(15-9-7-2)17(4)20(22)23-5/h3,6-15H2,1-2,4-5H3. The van der Waals surface area contributed by atoms with Crippen LogP contribution in [0.4, 0.5) is 0 Å². The van der Waals surface area contributed by atoms with E-state index in [0.717, 1.165) is 25.7 Å². The average Bonchev–Trinajstić information content (AvgIpc) is 2.59. The third-order valence-corrected chi connectivity index (χ3v) is 4.00. The number of esters is 2. The molecule has 0 amide bonds. The molecule has 0 N–H and O–H groups in total. The summed E-state index contributed by atoms with van der Waals surface area (Å²) in [5, 5.41) is 0. The summed E-state index contributed by atoms with van der Waals surface area (Å²) in [7, 11) is 1.32. The molecular formula is C20H34O4. The van der Waals surface area contributed by atoms with E-state index in [4.69, 9.17) is 9.47 Å².